The van der Waals surface area contributed by atoms with Crippen molar-refractivity contribution >= 4 is 31.8 Å². The van der Waals surface area contributed by atoms with Crippen molar-refractivity contribution in [3.8, 4) is 5.75 Å². The Hall–Kier alpha value is -1.52. The van der Waals surface area contributed by atoms with Gasteiger partial charge in [-0.2, -0.15) is 17.6 Å². The van der Waals surface area contributed by atoms with Crippen LogP contribution in [0.15, 0.2) is 41.3 Å². The van der Waals surface area contributed by atoms with Crippen molar-refractivity contribution in [2.24, 2.45) is 17.8 Å². The molecule has 2 fully saturated rings. The van der Waals surface area contributed by atoms with Gasteiger partial charge < -0.3 is 9.66 Å². The van der Waals surface area contributed by atoms with Crippen LogP contribution in [0.5, 0.6) is 5.75 Å². The van der Waals surface area contributed by atoms with Gasteiger partial charge in [-0.3, -0.25) is 0 Å². The molecule has 0 aliphatic heterocycles. The minimum absolute atomic E-state index is 0.0407. The Labute approximate surface area is 194 Å². The maximum absolute atomic E-state index is 13.5. The SMILES string of the molecule is CC[S+](CC)c1ccc(O)c2ccccc12.O=S(=O)([O-])C(F)(F)C(F)(F)C1CC2CCC1C2. The Morgan fingerprint density at radius 3 is 2.09 bits per heavy atom. The first-order valence-electron chi connectivity index (χ1n) is 10.9. The summed E-state index contributed by atoms with van der Waals surface area (Å²) in [7, 11) is -6.04. The predicted molar refractivity (Wildman–Crippen MR) is 121 cm³/mol. The molecule has 184 valence electrons. The molecule has 33 heavy (non-hydrogen) atoms. The summed E-state index contributed by atoms with van der Waals surface area (Å²) in [6.07, 6.45) is 1.42. The van der Waals surface area contributed by atoms with Crippen LogP contribution in [-0.4, -0.2) is 40.8 Å². The Bertz CT molecular complexity index is 1090. The summed E-state index contributed by atoms with van der Waals surface area (Å²) in [4.78, 5) is 1.39. The third-order valence-electron chi connectivity index (χ3n) is 6.77. The highest BCUT2D eigenvalue weighted by Gasteiger charge is 2.68. The van der Waals surface area contributed by atoms with Crippen LogP contribution in [-0.2, 0) is 21.0 Å². The third kappa shape index (κ3) is 4.84. The Balaban J connectivity index is 0.000000186. The van der Waals surface area contributed by atoms with Gasteiger partial charge in [-0.1, -0.05) is 24.6 Å². The number of hydrogen-bond acceptors (Lipinski definition) is 4. The third-order valence-corrected chi connectivity index (χ3v) is 10.0. The van der Waals surface area contributed by atoms with Crippen LogP contribution < -0.4 is 0 Å². The van der Waals surface area contributed by atoms with Crippen molar-refractivity contribution in [1.29, 1.82) is 0 Å². The molecule has 2 aromatic carbocycles. The smallest absolute Gasteiger partial charge is 0.396 e. The van der Waals surface area contributed by atoms with Crippen molar-refractivity contribution in [3.63, 3.8) is 0 Å². The van der Waals surface area contributed by atoms with E-state index < -0.39 is 33.1 Å². The molecule has 10 heteroatoms. The maximum atomic E-state index is 13.5. The molecule has 2 aliphatic rings. The molecule has 0 spiro atoms. The topological polar surface area (TPSA) is 77.4 Å². The average molecular weight is 509 g/mol. The zero-order valence-corrected chi connectivity index (χ0v) is 20.1. The standard InChI is InChI=1S/C14H16OS.C9H12F4O3S/c1-3-16(4-2)14-10-9-13(15)11-7-5-6-8-12(11)14;10-8(11,9(12,13)17(14,15)16)7-4-5-1-2-6(7)3-5/h5-10H,3-4H2,1-2H3;5-7H,1-4H2,(H,14,15,16). The molecule has 2 aliphatic carbocycles. The summed E-state index contributed by atoms with van der Waals surface area (Å²) in [5, 5.41) is 6.48. The number of fused-ring (bicyclic) bond motifs is 3. The summed E-state index contributed by atoms with van der Waals surface area (Å²) in [6, 6.07) is 12.0. The van der Waals surface area contributed by atoms with E-state index in [1.165, 1.54) is 21.8 Å². The first-order valence-corrected chi connectivity index (χ1v) is 13.9. The van der Waals surface area contributed by atoms with Crippen molar-refractivity contribution < 1.29 is 35.6 Å². The molecule has 0 radical (unpaired) electrons. The molecule has 2 aromatic rings. The average Bonchev–Trinajstić information content (AvgIpc) is 3.40. The number of phenols is 1. The van der Waals surface area contributed by atoms with E-state index in [4.69, 9.17) is 0 Å². The summed E-state index contributed by atoms with van der Waals surface area (Å²) in [5.41, 5.74) is 0. The molecule has 0 aromatic heterocycles. The molecule has 3 atom stereocenters. The van der Waals surface area contributed by atoms with E-state index in [0.29, 0.717) is 35.9 Å². The highest BCUT2D eigenvalue weighted by Crippen LogP contribution is 2.58. The molecule has 4 nitrogen and oxygen atoms in total. The number of alkyl halides is 4. The predicted octanol–water partition coefficient (Wildman–Crippen LogP) is 5.76. The van der Waals surface area contributed by atoms with Gasteiger partial charge in [0.15, 0.2) is 15.0 Å². The fourth-order valence-corrected chi connectivity index (χ4v) is 7.36. The minimum Gasteiger partial charge on any atom is -0.743 e. The lowest BCUT2D eigenvalue weighted by atomic mass is 9.84. The molecule has 4 rings (SSSR count). The summed E-state index contributed by atoms with van der Waals surface area (Å²) in [6.45, 7) is 4.46. The van der Waals surface area contributed by atoms with E-state index in [9.17, 15) is 35.6 Å². The Morgan fingerprint density at radius 1 is 1.00 bits per heavy atom. The largest absolute Gasteiger partial charge is 0.743 e. The van der Waals surface area contributed by atoms with Crippen LogP contribution in [0.4, 0.5) is 17.6 Å². The van der Waals surface area contributed by atoms with Crippen LogP contribution in [0, 0.1) is 17.8 Å². The quantitative estimate of drug-likeness (QED) is 0.306. The molecule has 0 saturated heterocycles. The van der Waals surface area contributed by atoms with Gasteiger partial charge in [0.1, 0.15) is 17.3 Å². The van der Waals surface area contributed by atoms with Crippen LogP contribution in [0.2, 0.25) is 0 Å². The van der Waals surface area contributed by atoms with E-state index in [1.807, 2.05) is 24.3 Å². The fraction of sp³-hybridized carbons (Fsp3) is 0.565. The summed E-state index contributed by atoms with van der Waals surface area (Å²) >= 11 is 0. The lowest BCUT2D eigenvalue weighted by Gasteiger charge is -2.36. The van der Waals surface area contributed by atoms with Gasteiger partial charge >= 0.3 is 11.2 Å². The summed E-state index contributed by atoms with van der Waals surface area (Å²) in [5.74, 6) is -4.37. The normalized spacial score (nSPS) is 23.1. The molecule has 0 amide bonds. The zero-order valence-electron chi connectivity index (χ0n) is 18.4. The Morgan fingerprint density at radius 2 is 1.61 bits per heavy atom. The van der Waals surface area contributed by atoms with Crippen LogP contribution >= 0.6 is 0 Å². The number of benzene rings is 2. The van der Waals surface area contributed by atoms with Gasteiger partial charge in [-0.15, -0.1) is 0 Å². The van der Waals surface area contributed by atoms with Gasteiger partial charge in [0.25, 0.3) is 0 Å². The molecule has 3 unspecified atom stereocenters. The van der Waals surface area contributed by atoms with Crippen molar-refractivity contribution in [2.45, 2.75) is 55.6 Å². The molecule has 2 saturated carbocycles. The highest BCUT2D eigenvalue weighted by atomic mass is 32.2. The van der Waals surface area contributed by atoms with Crippen LogP contribution in [0.25, 0.3) is 10.8 Å². The lowest BCUT2D eigenvalue weighted by molar-refractivity contribution is -0.202. The zero-order chi connectivity index (χ0) is 24.6. The van der Waals surface area contributed by atoms with E-state index >= 15 is 0 Å². The number of phenolic OH excluding ortho intramolecular Hbond substituents is 1. The molecular weight excluding hydrogens is 480 g/mol. The number of halogens is 4. The number of rotatable bonds is 6. The number of hydrogen-bond donors (Lipinski definition) is 1. The molecule has 2 bridgehead atoms. The van der Waals surface area contributed by atoms with Gasteiger partial charge in [-0.25, -0.2) is 8.42 Å². The van der Waals surface area contributed by atoms with Crippen LogP contribution in [0.1, 0.15) is 39.5 Å². The lowest BCUT2D eigenvalue weighted by Crippen LogP contribution is -2.52. The molecule has 1 N–H and O–H groups in total. The molecular formula is C23H28F4O4S2. The monoisotopic (exact) mass is 508 g/mol. The second kappa shape index (κ2) is 9.62. The molecule has 0 heterocycles. The van der Waals surface area contributed by atoms with E-state index in [-0.39, 0.29) is 12.3 Å². The van der Waals surface area contributed by atoms with Crippen LogP contribution in [0.3, 0.4) is 0 Å². The first-order chi connectivity index (χ1) is 15.3. The summed E-state index contributed by atoms with van der Waals surface area (Å²) < 4.78 is 84.0. The highest BCUT2D eigenvalue weighted by molar-refractivity contribution is 7.97. The second-order valence-electron chi connectivity index (χ2n) is 8.57. The minimum atomic E-state index is -6.35. The Kier molecular flexibility index (Phi) is 7.60. The first kappa shape index (κ1) is 26.1. The van der Waals surface area contributed by atoms with E-state index in [0.717, 1.165) is 5.39 Å². The van der Waals surface area contributed by atoms with E-state index in [2.05, 4.69) is 26.0 Å². The maximum Gasteiger partial charge on any atom is 0.396 e. The van der Waals surface area contributed by atoms with Gasteiger partial charge in [-0.05, 0) is 63.1 Å². The second-order valence-corrected chi connectivity index (χ2v) is 12.6. The number of aromatic hydroxyl groups is 1. The van der Waals surface area contributed by atoms with Crippen molar-refractivity contribution in [3.05, 3.63) is 36.4 Å². The van der Waals surface area contributed by atoms with Crippen molar-refractivity contribution in [1.82, 2.24) is 0 Å². The van der Waals surface area contributed by atoms with Gasteiger partial charge in [0.2, 0.25) is 0 Å². The van der Waals surface area contributed by atoms with Crippen molar-refractivity contribution in [2.75, 3.05) is 11.5 Å². The van der Waals surface area contributed by atoms with Gasteiger partial charge in [0.05, 0.1) is 0 Å². The fourth-order valence-electron chi connectivity index (χ4n) is 5.09. The van der Waals surface area contributed by atoms with E-state index in [1.54, 1.807) is 0 Å². The van der Waals surface area contributed by atoms with Gasteiger partial charge in [0, 0.05) is 27.6 Å².